The molecule has 0 aliphatic rings. The maximum atomic E-state index is 12.1. The normalized spacial score (nSPS) is 14.2. The van der Waals surface area contributed by atoms with Crippen LogP contribution in [0.5, 0.6) is 5.75 Å². The quantitative estimate of drug-likeness (QED) is 0.851. The molecule has 0 amide bonds. The average molecular weight is 235 g/mol. The van der Waals surface area contributed by atoms with Crippen LogP contribution in [0.3, 0.4) is 0 Å². The molecule has 0 saturated heterocycles. The number of aryl methyl sites for hydroxylation is 1. The first-order valence-corrected chi connectivity index (χ1v) is 5.86. The van der Waals surface area contributed by atoms with E-state index in [0.717, 1.165) is 16.9 Å². The summed E-state index contributed by atoms with van der Waals surface area (Å²) >= 11 is 0. The number of carbonyl (C=O) groups excluding carboxylic acids is 1. The Balaban J connectivity index is 2.95. The topological polar surface area (TPSA) is 52.3 Å². The van der Waals surface area contributed by atoms with Crippen LogP contribution in [0.4, 0.5) is 0 Å². The van der Waals surface area contributed by atoms with Gasteiger partial charge in [-0.15, -0.1) is 0 Å². The van der Waals surface area contributed by atoms with Crippen LogP contribution in [0.25, 0.3) is 0 Å². The third-order valence-corrected chi connectivity index (χ3v) is 3.16. The predicted octanol–water partition coefficient (Wildman–Crippen LogP) is 2.24. The highest BCUT2D eigenvalue weighted by Crippen LogP contribution is 2.22. The first-order chi connectivity index (χ1) is 7.90. The molecular weight excluding hydrogens is 214 g/mol. The van der Waals surface area contributed by atoms with E-state index in [9.17, 15) is 4.79 Å². The summed E-state index contributed by atoms with van der Waals surface area (Å²) < 4.78 is 5.25. The van der Waals surface area contributed by atoms with E-state index in [4.69, 9.17) is 10.5 Å². The van der Waals surface area contributed by atoms with E-state index in [1.165, 1.54) is 0 Å². The summed E-state index contributed by atoms with van der Waals surface area (Å²) in [5.41, 5.74) is 7.21. The van der Waals surface area contributed by atoms with E-state index in [0.29, 0.717) is 12.8 Å². The average Bonchev–Trinajstić information content (AvgIpc) is 2.29. The molecule has 0 saturated carbocycles. The number of benzene rings is 1. The van der Waals surface area contributed by atoms with Crippen LogP contribution in [0, 0.1) is 6.92 Å². The Bertz CT molecular complexity index is 411. The Kier molecular flexibility index (Phi) is 4.29. The Hall–Kier alpha value is -1.35. The lowest BCUT2D eigenvalue weighted by Crippen LogP contribution is -2.45. The highest BCUT2D eigenvalue weighted by atomic mass is 16.5. The van der Waals surface area contributed by atoms with Crippen LogP contribution in [0.2, 0.25) is 0 Å². The van der Waals surface area contributed by atoms with Gasteiger partial charge < -0.3 is 10.5 Å². The number of ketones is 1. The van der Waals surface area contributed by atoms with Crippen LogP contribution in [-0.2, 0) is 11.2 Å². The third kappa shape index (κ3) is 3.30. The molecule has 3 nitrogen and oxygen atoms in total. The van der Waals surface area contributed by atoms with Crippen molar-refractivity contribution in [1.82, 2.24) is 0 Å². The first kappa shape index (κ1) is 13.7. The van der Waals surface area contributed by atoms with Crippen LogP contribution >= 0.6 is 0 Å². The van der Waals surface area contributed by atoms with Crippen molar-refractivity contribution in [3.8, 4) is 5.75 Å². The van der Waals surface area contributed by atoms with E-state index in [1.54, 1.807) is 14.0 Å². The molecule has 1 rings (SSSR count). The third-order valence-electron chi connectivity index (χ3n) is 3.16. The molecule has 1 aromatic carbocycles. The van der Waals surface area contributed by atoms with Gasteiger partial charge in [-0.05, 0) is 26.3 Å². The Morgan fingerprint density at radius 1 is 1.47 bits per heavy atom. The summed E-state index contributed by atoms with van der Waals surface area (Å²) in [5, 5.41) is 0. The van der Waals surface area contributed by atoms with Gasteiger partial charge in [0.2, 0.25) is 0 Å². The predicted molar refractivity (Wildman–Crippen MR) is 69.3 cm³/mol. The summed E-state index contributed by atoms with van der Waals surface area (Å²) in [7, 11) is 1.61. The Morgan fingerprint density at radius 2 is 2.12 bits per heavy atom. The molecule has 1 aromatic rings. The summed E-state index contributed by atoms with van der Waals surface area (Å²) in [6.45, 7) is 5.69. The van der Waals surface area contributed by atoms with Gasteiger partial charge in [-0.1, -0.05) is 24.6 Å². The highest BCUT2D eigenvalue weighted by molar-refractivity contribution is 5.90. The van der Waals surface area contributed by atoms with Crippen molar-refractivity contribution in [3.05, 3.63) is 29.3 Å². The fourth-order valence-corrected chi connectivity index (χ4v) is 1.62. The van der Waals surface area contributed by atoms with Crippen LogP contribution in [-0.4, -0.2) is 18.4 Å². The smallest absolute Gasteiger partial charge is 0.156 e. The van der Waals surface area contributed by atoms with Crippen molar-refractivity contribution in [2.45, 2.75) is 39.2 Å². The van der Waals surface area contributed by atoms with Gasteiger partial charge in [-0.25, -0.2) is 0 Å². The molecule has 0 spiro atoms. The molecule has 1 unspecified atom stereocenters. The number of Topliss-reactive ketones (excluding diaryl/α,β-unsaturated/α-hetero) is 1. The molecule has 0 aliphatic carbocycles. The number of nitrogens with two attached hydrogens (primary N) is 1. The molecule has 0 bridgehead atoms. The number of hydrogen-bond acceptors (Lipinski definition) is 3. The maximum absolute atomic E-state index is 12.1. The number of rotatable bonds is 5. The van der Waals surface area contributed by atoms with Gasteiger partial charge >= 0.3 is 0 Å². The fraction of sp³-hybridized carbons (Fsp3) is 0.500. The molecular formula is C14H21NO2. The van der Waals surface area contributed by atoms with Crippen molar-refractivity contribution in [3.63, 3.8) is 0 Å². The molecule has 0 aliphatic heterocycles. The first-order valence-electron chi connectivity index (χ1n) is 5.86. The monoisotopic (exact) mass is 235 g/mol. The largest absolute Gasteiger partial charge is 0.496 e. The zero-order chi connectivity index (χ0) is 13.1. The maximum Gasteiger partial charge on any atom is 0.156 e. The zero-order valence-electron chi connectivity index (χ0n) is 11.0. The molecule has 0 heterocycles. The summed E-state index contributed by atoms with van der Waals surface area (Å²) in [6.07, 6.45) is 0.964. The number of hydrogen-bond donors (Lipinski definition) is 1. The Morgan fingerprint density at radius 3 is 2.65 bits per heavy atom. The lowest BCUT2D eigenvalue weighted by atomic mass is 9.90. The summed E-state index contributed by atoms with van der Waals surface area (Å²) in [5.74, 6) is 0.791. The van der Waals surface area contributed by atoms with Gasteiger partial charge in [0.25, 0.3) is 0 Å². The van der Waals surface area contributed by atoms with Crippen LogP contribution < -0.4 is 10.5 Å². The minimum Gasteiger partial charge on any atom is -0.496 e. The van der Waals surface area contributed by atoms with E-state index >= 15 is 0 Å². The van der Waals surface area contributed by atoms with E-state index in [1.807, 2.05) is 32.0 Å². The molecule has 3 heteroatoms. The van der Waals surface area contributed by atoms with Crippen molar-refractivity contribution in [1.29, 1.82) is 0 Å². The van der Waals surface area contributed by atoms with Gasteiger partial charge in [0.05, 0.1) is 12.6 Å². The molecule has 0 fully saturated rings. The second-order valence-corrected chi connectivity index (χ2v) is 4.69. The minimum absolute atomic E-state index is 0.0453. The van der Waals surface area contributed by atoms with Gasteiger partial charge in [0.15, 0.2) is 5.78 Å². The van der Waals surface area contributed by atoms with Gasteiger partial charge in [0, 0.05) is 12.0 Å². The van der Waals surface area contributed by atoms with Crippen LogP contribution in [0.1, 0.15) is 31.4 Å². The number of methoxy groups -OCH3 is 1. The fourth-order valence-electron chi connectivity index (χ4n) is 1.62. The SMILES string of the molecule is CCC(C)(N)C(=O)Cc1cc(C)ccc1OC. The van der Waals surface area contributed by atoms with Crippen molar-refractivity contribution in [2.24, 2.45) is 5.73 Å². The number of ether oxygens (including phenoxy) is 1. The molecule has 94 valence electrons. The second-order valence-electron chi connectivity index (χ2n) is 4.69. The van der Waals surface area contributed by atoms with Crippen LogP contribution in [0.15, 0.2) is 18.2 Å². The lowest BCUT2D eigenvalue weighted by molar-refractivity contribution is -0.123. The van der Waals surface area contributed by atoms with E-state index in [2.05, 4.69) is 0 Å². The zero-order valence-corrected chi connectivity index (χ0v) is 11.0. The molecule has 2 N–H and O–H groups in total. The van der Waals surface area contributed by atoms with Gasteiger partial charge in [-0.2, -0.15) is 0 Å². The van der Waals surface area contributed by atoms with Crippen molar-refractivity contribution < 1.29 is 9.53 Å². The lowest BCUT2D eigenvalue weighted by Gasteiger charge is -2.21. The number of carbonyl (C=O) groups is 1. The second kappa shape index (κ2) is 5.32. The molecule has 1 atom stereocenters. The summed E-state index contributed by atoms with van der Waals surface area (Å²) in [4.78, 5) is 12.1. The highest BCUT2D eigenvalue weighted by Gasteiger charge is 2.26. The summed E-state index contributed by atoms with van der Waals surface area (Å²) in [6, 6.07) is 5.83. The van der Waals surface area contributed by atoms with E-state index < -0.39 is 5.54 Å². The Labute approximate surface area is 103 Å². The molecule has 0 radical (unpaired) electrons. The molecule has 0 aromatic heterocycles. The molecule has 17 heavy (non-hydrogen) atoms. The van der Waals surface area contributed by atoms with Gasteiger partial charge in [0.1, 0.15) is 5.75 Å². The van der Waals surface area contributed by atoms with Crippen molar-refractivity contribution in [2.75, 3.05) is 7.11 Å². The van der Waals surface area contributed by atoms with E-state index in [-0.39, 0.29) is 5.78 Å². The minimum atomic E-state index is -0.755. The standard InChI is InChI=1S/C14H21NO2/c1-5-14(3,15)13(16)9-11-8-10(2)6-7-12(11)17-4/h6-8H,5,9,15H2,1-4H3. The van der Waals surface area contributed by atoms with Gasteiger partial charge in [-0.3, -0.25) is 4.79 Å². The van der Waals surface area contributed by atoms with Crippen molar-refractivity contribution >= 4 is 5.78 Å².